The monoisotopic (exact) mass is 382 g/mol. The third-order valence-corrected chi connectivity index (χ3v) is 4.08. The molecule has 152 valence electrons. The summed E-state index contributed by atoms with van der Waals surface area (Å²) in [7, 11) is 3.01. The molecule has 1 aliphatic rings. The molecular weight excluding hydrogens is 352 g/mol. The van der Waals surface area contributed by atoms with Gasteiger partial charge in [-0.2, -0.15) is 0 Å². The molecule has 0 saturated carbocycles. The third-order valence-electron chi connectivity index (χ3n) is 4.08. The van der Waals surface area contributed by atoms with E-state index >= 15 is 0 Å². The van der Waals surface area contributed by atoms with Crippen molar-refractivity contribution in [2.75, 3.05) is 27.2 Å². The normalized spacial score (nSPS) is 17.7. The first-order valence-corrected chi connectivity index (χ1v) is 8.89. The Morgan fingerprint density at radius 1 is 1.33 bits per heavy atom. The Kier molecular flexibility index (Phi) is 7.81. The van der Waals surface area contributed by atoms with Gasteiger partial charge in [-0.1, -0.05) is 6.58 Å². The number of likely N-dealkylation sites (tertiary alicyclic amines) is 1. The second-order valence-corrected chi connectivity index (χ2v) is 7.43. The first-order chi connectivity index (χ1) is 12.5. The Labute approximate surface area is 160 Å². The van der Waals surface area contributed by atoms with E-state index in [4.69, 9.17) is 4.74 Å². The lowest BCUT2D eigenvalue weighted by Crippen LogP contribution is -2.57. The fraction of sp³-hybridized carbons (Fsp3) is 0.667. The predicted molar refractivity (Wildman–Crippen MR) is 99.8 cm³/mol. The Bertz CT molecular complexity index is 599. The van der Waals surface area contributed by atoms with E-state index in [1.165, 1.54) is 23.9 Å². The molecule has 2 atom stereocenters. The zero-order valence-corrected chi connectivity index (χ0v) is 16.7. The Morgan fingerprint density at radius 3 is 2.48 bits per heavy atom. The summed E-state index contributed by atoms with van der Waals surface area (Å²) in [5.74, 6) is -1.08. The van der Waals surface area contributed by atoms with Crippen molar-refractivity contribution in [1.29, 1.82) is 0 Å². The maximum atomic E-state index is 13.0. The van der Waals surface area contributed by atoms with Crippen LogP contribution in [0.5, 0.6) is 0 Å². The van der Waals surface area contributed by atoms with Crippen LogP contribution in [0.15, 0.2) is 12.7 Å². The van der Waals surface area contributed by atoms with Gasteiger partial charge < -0.3 is 25.2 Å². The quantitative estimate of drug-likeness (QED) is 0.641. The highest BCUT2D eigenvalue weighted by Gasteiger charge is 2.38. The summed E-state index contributed by atoms with van der Waals surface area (Å²) in [6.07, 6.45) is 1.59. The maximum Gasteiger partial charge on any atom is 0.408 e. The molecule has 2 unspecified atom stereocenters. The lowest BCUT2D eigenvalue weighted by Gasteiger charge is -2.31. The molecule has 0 bridgehead atoms. The van der Waals surface area contributed by atoms with Crippen molar-refractivity contribution < 1.29 is 23.9 Å². The van der Waals surface area contributed by atoms with Crippen molar-refractivity contribution in [1.82, 2.24) is 20.4 Å². The molecule has 0 aliphatic carbocycles. The van der Waals surface area contributed by atoms with Gasteiger partial charge in [0.05, 0.1) is 6.54 Å². The molecule has 9 nitrogen and oxygen atoms in total. The molecule has 0 radical (unpaired) electrons. The summed E-state index contributed by atoms with van der Waals surface area (Å²) in [5.41, 5.74) is -0.737. The van der Waals surface area contributed by atoms with E-state index in [1.54, 1.807) is 20.8 Å². The van der Waals surface area contributed by atoms with Crippen LogP contribution in [0.2, 0.25) is 0 Å². The molecule has 0 aromatic carbocycles. The maximum absolute atomic E-state index is 13.0. The van der Waals surface area contributed by atoms with Gasteiger partial charge in [0, 0.05) is 20.6 Å². The molecule has 9 heteroatoms. The highest BCUT2D eigenvalue weighted by atomic mass is 16.6. The molecular formula is C18H30N4O5. The number of alkyl carbamates (subject to hydrolysis) is 1. The summed E-state index contributed by atoms with van der Waals surface area (Å²) in [4.78, 5) is 51.8. The van der Waals surface area contributed by atoms with Gasteiger partial charge in [-0.05, 0) is 39.7 Å². The van der Waals surface area contributed by atoms with Crippen molar-refractivity contribution in [2.24, 2.45) is 0 Å². The fourth-order valence-corrected chi connectivity index (χ4v) is 2.82. The molecule has 0 spiro atoms. The van der Waals surface area contributed by atoms with Crippen LogP contribution in [0.1, 0.15) is 33.6 Å². The summed E-state index contributed by atoms with van der Waals surface area (Å²) < 4.78 is 5.22. The van der Waals surface area contributed by atoms with Crippen LogP contribution in [-0.4, -0.2) is 78.5 Å². The zero-order valence-electron chi connectivity index (χ0n) is 16.7. The van der Waals surface area contributed by atoms with Crippen LogP contribution in [0.3, 0.4) is 0 Å². The number of hydrogen-bond donors (Lipinski definition) is 2. The lowest BCUT2D eigenvalue weighted by atomic mass is 10.1. The highest BCUT2D eigenvalue weighted by Crippen LogP contribution is 2.19. The Morgan fingerprint density at radius 2 is 1.96 bits per heavy atom. The van der Waals surface area contributed by atoms with Gasteiger partial charge in [0.2, 0.25) is 17.7 Å². The second kappa shape index (κ2) is 9.38. The molecule has 1 fully saturated rings. The van der Waals surface area contributed by atoms with Gasteiger partial charge in [0.1, 0.15) is 17.7 Å². The Hall–Kier alpha value is -2.58. The van der Waals surface area contributed by atoms with Crippen molar-refractivity contribution in [3.63, 3.8) is 0 Å². The number of amides is 4. The number of rotatable bonds is 6. The number of carbonyl (C=O) groups is 4. The van der Waals surface area contributed by atoms with E-state index in [1.807, 2.05) is 0 Å². The van der Waals surface area contributed by atoms with Crippen LogP contribution in [0.4, 0.5) is 4.79 Å². The third kappa shape index (κ3) is 6.58. The molecule has 0 aromatic rings. The lowest BCUT2D eigenvalue weighted by molar-refractivity contribution is -0.140. The molecule has 1 rings (SSSR count). The summed E-state index contributed by atoms with van der Waals surface area (Å²) in [5, 5.41) is 5.07. The molecule has 1 saturated heterocycles. The fourth-order valence-electron chi connectivity index (χ4n) is 2.82. The van der Waals surface area contributed by atoms with Crippen LogP contribution >= 0.6 is 0 Å². The first kappa shape index (κ1) is 22.5. The van der Waals surface area contributed by atoms with Crippen molar-refractivity contribution in [2.45, 2.75) is 51.3 Å². The van der Waals surface area contributed by atoms with E-state index in [0.717, 1.165) is 6.08 Å². The van der Waals surface area contributed by atoms with Gasteiger partial charge in [0.25, 0.3) is 0 Å². The molecule has 4 amide bonds. The first-order valence-electron chi connectivity index (χ1n) is 8.89. The van der Waals surface area contributed by atoms with E-state index in [0.29, 0.717) is 19.4 Å². The highest BCUT2D eigenvalue weighted by molar-refractivity contribution is 5.93. The predicted octanol–water partition coefficient (Wildman–Crippen LogP) is 0.261. The van der Waals surface area contributed by atoms with E-state index in [-0.39, 0.29) is 18.4 Å². The molecule has 27 heavy (non-hydrogen) atoms. The van der Waals surface area contributed by atoms with Gasteiger partial charge in [-0.3, -0.25) is 14.4 Å². The average molecular weight is 382 g/mol. The average Bonchev–Trinajstić information content (AvgIpc) is 3.06. The zero-order chi connectivity index (χ0) is 20.8. The molecule has 1 heterocycles. The van der Waals surface area contributed by atoms with E-state index < -0.39 is 29.7 Å². The van der Waals surface area contributed by atoms with Crippen molar-refractivity contribution >= 4 is 23.8 Å². The minimum Gasteiger partial charge on any atom is -0.444 e. The van der Waals surface area contributed by atoms with Gasteiger partial charge >= 0.3 is 6.09 Å². The topological polar surface area (TPSA) is 108 Å². The van der Waals surface area contributed by atoms with Crippen LogP contribution in [0.25, 0.3) is 0 Å². The number of hydrogen-bond acceptors (Lipinski definition) is 5. The number of ether oxygens (including phenoxy) is 1. The number of nitrogens with one attached hydrogen (secondary N) is 2. The minimum atomic E-state index is -1.04. The van der Waals surface area contributed by atoms with E-state index in [9.17, 15) is 19.2 Å². The van der Waals surface area contributed by atoms with Gasteiger partial charge in [-0.15, -0.1) is 0 Å². The summed E-state index contributed by atoms with van der Waals surface area (Å²) in [6, 6.07) is -1.63. The molecule has 0 aromatic heterocycles. The smallest absolute Gasteiger partial charge is 0.408 e. The van der Waals surface area contributed by atoms with Crippen molar-refractivity contribution in [3.05, 3.63) is 12.7 Å². The van der Waals surface area contributed by atoms with Crippen LogP contribution in [-0.2, 0) is 19.1 Å². The Balaban J connectivity index is 2.99. The summed E-state index contributed by atoms with van der Waals surface area (Å²) >= 11 is 0. The standard InChI is InChI=1S/C18H30N4O5/c1-7-14(23)21(6)11-12(20-17(26)27-18(2,3)4)16(25)22-10-8-9-13(22)15(24)19-5/h7,12-13H,1,8-11H2,2-6H3,(H,19,24)(H,20,26). The van der Waals surface area contributed by atoms with Crippen LogP contribution in [0, 0.1) is 0 Å². The summed E-state index contributed by atoms with van der Waals surface area (Å²) in [6.45, 7) is 8.87. The molecule has 1 aliphatic heterocycles. The van der Waals surface area contributed by atoms with Gasteiger partial charge in [0.15, 0.2) is 0 Å². The number of likely N-dealkylation sites (N-methyl/N-ethyl adjacent to an activating group) is 2. The van der Waals surface area contributed by atoms with Crippen molar-refractivity contribution in [3.8, 4) is 0 Å². The molecule has 2 N–H and O–H groups in total. The van der Waals surface area contributed by atoms with Gasteiger partial charge in [-0.25, -0.2) is 4.79 Å². The minimum absolute atomic E-state index is 0.0696. The SMILES string of the molecule is C=CC(=O)N(C)CC(NC(=O)OC(C)(C)C)C(=O)N1CCCC1C(=O)NC. The number of nitrogens with zero attached hydrogens (tertiary/aromatic N) is 2. The van der Waals surface area contributed by atoms with Crippen LogP contribution < -0.4 is 10.6 Å². The largest absolute Gasteiger partial charge is 0.444 e. The number of carbonyl (C=O) groups excluding carboxylic acids is 4. The second-order valence-electron chi connectivity index (χ2n) is 7.43. The van der Waals surface area contributed by atoms with E-state index in [2.05, 4.69) is 17.2 Å².